The predicted octanol–water partition coefficient (Wildman–Crippen LogP) is 4.16. The van der Waals surface area contributed by atoms with E-state index >= 15 is 0 Å². The Labute approximate surface area is 225 Å². The van der Waals surface area contributed by atoms with Crippen molar-refractivity contribution in [2.75, 3.05) is 52.9 Å². The maximum atomic E-state index is 14.0. The van der Waals surface area contributed by atoms with Gasteiger partial charge >= 0.3 is 0 Å². The standard InChI is InChI=1S/C28H30N2O9/c1-33-20-12-17(13-21(34-2)25(20)37-5)29-27(32)28(10-9-19-8-7-11-39-19)16-24(31)30(28)18-14-22(35-3)26(38-6)23(15-18)36-4/h7-15H,16H2,1-6H3,(H,29,32). The van der Waals surface area contributed by atoms with Crippen LogP contribution in [-0.4, -0.2) is 60.0 Å². The Kier molecular flexibility index (Phi) is 7.89. The van der Waals surface area contributed by atoms with Gasteiger partial charge in [0.05, 0.1) is 61.0 Å². The van der Waals surface area contributed by atoms with Crippen molar-refractivity contribution in [2.24, 2.45) is 0 Å². The number of amides is 2. The lowest BCUT2D eigenvalue weighted by molar-refractivity contribution is -0.134. The molecule has 0 bridgehead atoms. The molecule has 1 unspecified atom stereocenters. The number of carbonyl (C=O) groups excluding carboxylic acids is 2. The summed E-state index contributed by atoms with van der Waals surface area (Å²) in [5.74, 6) is 1.87. The van der Waals surface area contributed by atoms with Gasteiger partial charge in [-0.1, -0.05) is 0 Å². The van der Waals surface area contributed by atoms with Crippen LogP contribution in [0, 0.1) is 0 Å². The molecule has 1 saturated heterocycles. The second-order valence-electron chi connectivity index (χ2n) is 8.43. The van der Waals surface area contributed by atoms with E-state index < -0.39 is 11.4 Å². The predicted molar refractivity (Wildman–Crippen MR) is 143 cm³/mol. The van der Waals surface area contributed by atoms with Crippen LogP contribution in [0.3, 0.4) is 0 Å². The first-order chi connectivity index (χ1) is 18.8. The summed E-state index contributed by atoms with van der Waals surface area (Å²) in [6.45, 7) is 0. The van der Waals surface area contributed by atoms with Crippen LogP contribution < -0.4 is 38.6 Å². The number of hydrogen-bond donors (Lipinski definition) is 1. The van der Waals surface area contributed by atoms with Crippen LogP contribution in [0.4, 0.5) is 11.4 Å². The van der Waals surface area contributed by atoms with Crippen molar-refractivity contribution >= 4 is 29.3 Å². The van der Waals surface area contributed by atoms with Crippen molar-refractivity contribution in [1.29, 1.82) is 0 Å². The van der Waals surface area contributed by atoms with Crippen LogP contribution >= 0.6 is 0 Å². The monoisotopic (exact) mass is 538 g/mol. The molecule has 0 saturated carbocycles. The number of furan rings is 1. The lowest BCUT2D eigenvalue weighted by Crippen LogP contribution is -2.68. The first-order valence-corrected chi connectivity index (χ1v) is 11.8. The topological polar surface area (TPSA) is 118 Å². The summed E-state index contributed by atoms with van der Waals surface area (Å²) in [7, 11) is 8.87. The lowest BCUT2D eigenvalue weighted by Gasteiger charge is -2.48. The zero-order valence-corrected chi connectivity index (χ0v) is 22.5. The van der Waals surface area contributed by atoms with E-state index in [4.69, 9.17) is 32.8 Å². The molecule has 1 aliphatic heterocycles. The summed E-state index contributed by atoms with van der Waals surface area (Å²) in [6, 6.07) is 9.90. The van der Waals surface area contributed by atoms with Gasteiger partial charge in [0.15, 0.2) is 28.5 Å². The molecule has 1 N–H and O–H groups in total. The highest BCUT2D eigenvalue weighted by molar-refractivity contribution is 6.18. The Bertz CT molecular complexity index is 1330. The maximum Gasteiger partial charge on any atom is 0.255 e. The molecule has 11 nitrogen and oxygen atoms in total. The van der Waals surface area contributed by atoms with Crippen LogP contribution in [0.25, 0.3) is 6.08 Å². The zero-order valence-electron chi connectivity index (χ0n) is 22.5. The van der Waals surface area contributed by atoms with Crippen molar-refractivity contribution in [1.82, 2.24) is 0 Å². The van der Waals surface area contributed by atoms with E-state index in [9.17, 15) is 9.59 Å². The molecule has 2 heterocycles. The van der Waals surface area contributed by atoms with Gasteiger partial charge in [0.1, 0.15) is 5.76 Å². The Morgan fingerprint density at radius 1 is 0.872 bits per heavy atom. The van der Waals surface area contributed by atoms with Gasteiger partial charge in [-0.15, -0.1) is 0 Å². The molecule has 1 aliphatic rings. The van der Waals surface area contributed by atoms with E-state index in [-0.39, 0.29) is 12.3 Å². The third kappa shape index (κ3) is 4.90. The smallest absolute Gasteiger partial charge is 0.255 e. The molecule has 0 aliphatic carbocycles. The Morgan fingerprint density at radius 2 is 1.41 bits per heavy atom. The Hall–Kier alpha value is -4.80. The minimum atomic E-state index is -1.42. The third-order valence-corrected chi connectivity index (χ3v) is 6.36. The molecular weight excluding hydrogens is 508 g/mol. The fourth-order valence-corrected chi connectivity index (χ4v) is 4.48. The van der Waals surface area contributed by atoms with Crippen LogP contribution in [0.1, 0.15) is 12.2 Å². The molecule has 11 heteroatoms. The highest BCUT2D eigenvalue weighted by atomic mass is 16.5. The number of hydrogen-bond acceptors (Lipinski definition) is 9. The van der Waals surface area contributed by atoms with Crippen LogP contribution in [0.5, 0.6) is 34.5 Å². The van der Waals surface area contributed by atoms with E-state index in [1.807, 2.05) is 0 Å². The van der Waals surface area contributed by atoms with Crippen LogP contribution in [0.15, 0.2) is 53.2 Å². The minimum Gasteiger partial charge on any atom is -0.493 e. The number of rotatable bonds is 11. The van der Waals surface area contributed by atoms with Gasteiger partial charge in [0.25, 0.3) is 5.91 Å². The second kappa shape index (κ2) is 11.3. The number of nitrogens with one attached hydrogen (secondary N) is 1. The van der Waals surface area contributed by atoms with Gasteiger partial charge in [-0.2, -0.15) is 0 Å². The van der Waals surface area contributed by atoms with Crippen molar-refractivity contribution in [3.63, 3.8) is 0 Å². The van der Waals surface area contributed by atoms with Crippen molar-refractivity contribution in [3.8, 4) is 34.5 Å². The molecule has 0 spiro atoms. The second-order valence-corrected chi connectivity index (χ2v) is 8.43. The molecule has 1 atom stereocenters. The molecule has 39 heavy (non-hydrogen) atoms. The third-order valence-electron chi connectivity index (χ3n) is 6.36. The number of anilines is 2. The number of benzene rings is 2. The Balaban J connectivity index is 1.81. The van der Waals surface area contributed by atoms with Crippen molar-refractivity contribution in [2.45, 2.75) is 12.0 Å². The van der Waals surface area contributed by atoms with E-state index in [0.29, 0.717) is 51.6 Å². The molecule has 3 aromatic rings. The first kappa shape index (κ1) is 27.2. The van der Waals surface area contributed by atoms with Gasteiger partial charge in [0.2, 0.25) is 17.4 Å². The fraction of sp³-hybridized carbons (Fsp3) is 0.286. The van der Waals surface area contributed by atoms with E-state index in [2.05, 4.69) is 5.32 Å². The molecule has 206 valence electrons. The molecule has 1 fully saturated rings. The van der Waals surface area contributed by atoms with Gasteiger partial charge in [0, 0.05) is 30.0 Å². The molecular formula is C28H30N2O9. The summed E-state index contributed by atoms with van der Waals surface area (Å²) >= 11 is 0. The van der Waals surface area contributed by atoms with Crippen LogP contribution in [0.2, 0.25) is 0 Å². The van der Waals surface area contributed by atoms with Gasteiger partial charge in [-0.05, 0) is 24.3 Å². The van der Waals surface area contributed by atoms with Crippen molar-refractivity contribution < 1.29 is 42.4 Å². The first-order valence-electron chi connectivity index (χ1n) is 11.8. The number of nitrogens with zero attached hydrogens (tertiary/aromatic N) is 1. The minimum absolute atomic E-state index is 0.100. The average molecular weight is 539 g/mol. The highest BCUT2D eigenvalue weighted by Gasteiger charge is 2.56. The van der Waals surface area contributed by atoms with E-state index in [0.717, 1.165) is 0 Å². The normalized spacial score (nSPS) is 16.5. The molecule has 4 rings (SSSR count). The maximum absolute atomic E-state index is 14.0. The van der Waals surface area contributed by atoms with Crippen molar-refractivity contribution in [3.05, 3.63) is 54.5 Å². The lowest BCUT2D eigenvalue weighted by atomic mass is 9.81. The highest BCUT2D eigenvalue weighted by Crippen LogP contribution is 2.47. The van der Waals surface area contributed by atoms with Crippen LogP contribution in [-0.2, 0) is 9.59 Å². The summed E-state index contributed by atoms with van der Waals surface area (Å²) < 4.78 is 38.0. The molecule has 1 aromatic heterocycles. The summed E-state index contributed by atoms with van der Waals surface area (Å²) in [4.78, 5) is 28.5. The summed E-state index contributed by atoms with van der Waals surface area (Å²) in [5.41, 5.74) is -0.663. The zero-order chi connectivity index (χ0) is 28.2. The van der Waals surface area contributed by atoms with E-state index in [1.165, 1.54) is 53.8 Å². The SMILES string of the molecule is COc1cc(NC(=O)C2(C=Cc3ccco3)CC(=O)N2c2cc(OC)c(OC)c(OC)c2)cc(OC)c1OC. The van der Waals surface area contributed by atoms with Gasteiger partial charge in [-0.25, -0.2) is 0 Å². The number of methoxy groups -OCH3 is 6. The summed E-state index contributed by atoms with van der Waals surface area (Å²) in [6.07, 6.45) is 4.69. The fourth-order valence-electron chi connectivity index (χ4n) is 4.48. The number of β-lactam (4-membered cyclic amide) rings is 1. The van der Waals surface area contributed by atoms with E-state index in [1.54, 1.807) is 48.6 Å². The number of ether oxygens (including phenoxy) is 6. The Morgan fingerprint density at radius 3 is 1.85 bits per heavy atom. The summed E-state index contributed by atoms with van der Waals surface area (Å²) in [5, 5.41) is 2.90. The van der Waals surface area contributed by atoms with Gasteiger partial charge in [-0.3, -0.25) is 14.5 Å². The quantitative estimate of drug-likeness (QED) is 0.359. The molecule has 0 radical (unpaired) electrons. The molecule has 2 amide bonds. The number of carbonyl (C=O) groups is 2. The largest absolute Gasteiger partial charge is 0.493 e. The average Bonchev–Trinajstić information content (AvgIpc) is 3.47. The van der Waals surface area contributed by atoms with Gasteiger partial charge < -0.3 is 38.2 Å². The molecule has 2 aromatic carbocycles.